The first kappa shape index (κ1) is 12.7. The van der Waals surface area contributed by atoms with Gasteiger partial charge in [-0.05, 0) is 18.6 Å². The van der Waals surface area contributed by atoms with Crippen LogP contribution in [-0.4, -0.2) is 28.0 Å². The zero-order chi connectivity index (χ0) is 14.1. The van der Waals surface area contributed by atoms with Crippen LogP contribution in [0.5, 0.6) is 0 Å². The molecule has 0 aromatic carbocycles. The molecule has 6 nitrogen and oxygen atoms in total. The molecule has 20 heavy (non-hydrogen) atoms. The minimum atomic E-state index is -0.430. The predicted molar refractivity (Wildman–Crippen MR) is 71.9 cm³/mol. The molecule has 102 valence electrons. The average Bonchev–Trinajstić information content (AvgIpc) is 2.94. The standard InChI is InChI=1S/C14H14N4O2/c1-8-5-15-4-3-9(8)13-17-11-7-16-6-10(11)12(18-13)14(19)20-2/h3-5,16H,6-7H2,1-2H3. The van der Waals surface area contributed by atoms with Gasteiger partial charge in [-0.3, -0.25) is 4.98 Å². The Balaban J connectivity index is 2.19. The fourth-order valence-corrected chi connectivity index (χ4v) is 2.28. The Morgan fingerprint density at radius 3 is 2.95 bits per heavy atom. The Morgan fingerprint density at radius 1 is 1.35 bits per heavy atom. The number of nitrogens with zero attached hydrogens (tertiary/aromatic N) is 3. The van der Waals surface area contributed by atoms with Crippen LogP contribution in [0.1, 0.15) is 27.3 Å². The number of esters is 1. The molecule has 3 rings (SSSR count). The van der Waals surface area contributed by atoms with Crippen molar-refractivity contribution in [3.05, 3.63) is 41.0 Å². The maximum Gasteiger partial charge on any atom is 0.357 e. The van der Waals surface area contributed by atoms with E-state index < -0.39 is 5.97 Å². The van der Waals surface area contributed by atoms with E-state index in [2.05, 4.69) is 20.3 Å². The Morgan fingerprint density at radius 2 is 2.20 bits per heavy atom. The number of hydrogen-bond acceptors (Lipinski definition) is 6. The smallest absolute Gasteiger partial charge is 0.357 e. The monoisotopic (exact) mass is 270 g/mol. The lowest BCUT2D eigenvalue weighted by Gasteiger charge is -2.09. The zero-order valence-electron chi connectivity index (χ0n) is 11.3. The lowest BCUT2D eigenvalue weighted by atomic mass is 10.1. The van der Waals surface area contributed by atoms with Gasteiger partial charge < -0.3 is 10.1 Å². The van der Waals surface area contributed by atoms with E-state index in [0.29, 0.717) is 24.6 Å². The van der Waals surface area contributed by atoms with Crippen molar-refractivity contribution in [3.8, 4) is 11.4 Å². The quantitative estimate of drug-likeness (QED) is 0.827. The van der Waals surface area contributed by atoms with Crippen LogP contribution in [0.15, 0.2) is 18.5 Å². The molecule has 6 heteroatoms. The topological polar surface area (TPSA) is 77.0 Å². The summed E-state index contributed by atoms with van der Waals surface area (Å²) >= 11 is 0. The van der Waals surface area contributed by atoms with Gasteiger partial charge in [0.15, 0.2) is 11.5 Å². The number of aromatic nitrogens is 3. The van der Waals surface area contributed by atoms with Crippen LogP contribution in [0.4, 0.5) is 0 Å². The molecule has 1 aliphatic heterocycles. The molecule has 0 fully saturated rings. The minimum absolute atomic E-state index is 0.341. The number of ether oxygens (including phenoxy) is 1. The number of nitrogens with one attached hydrogen (secondary N) is 1. The van der Waals surface area contributed by atoms with Crippen molar-refractivity contribution in [2.75, 3.05) is 7.11 Å². The number of pyridine rings is 1. The van der Waals surface area contributed by atoms with Gasteiger partial charge in [0.25, 0.3) is 0 Å². The summed E-state index contributed by atoms with van der Waals surface area (Å²) in [6.07, 6.45) is 3.44. The van der Waals surface area contributed by atoms with E-state index in [-0.39, 0.29) is 0 Å². The Labute approximate surface area is 116 Å². The van der Waals surface area contributed by atoms with Gasteiger partial charge in [0.05, 0.1) is 12.8 Å². The zero-order valence-corrected chi connectivity index (χ0v) is 11.3. The number of methoxy groups -OCH3 is 1. The van der Waals surface area contributed by atoms with Crippen molar-refractivity contribution in [3.63, 3.8) is 0 Å². The molecule has 0 saturated heterocycles. The third kappa shape index (κ3) is 2.04. The lowest BCUT2D eigenvalue weighted by molar-refractivity contribution is 0.0592. The molecule has 1 N–H and O–H groups in total. The Kier molecular flexibility index (Phi) is 3.15. The molecule has 0 saturated carbocycles. The minimum Gasteiger partial charge on any atom is -0.464 e. The molecule has 0 bridgehead atoms. The molecule has 3 heterocycles. The second-order valence-electron chi connectivity index (χ2n) is 4.61. The van der Waals surface area contributed by atoms with Gasteiger partial charge >= 0.3 is 5.97 Å². The molecule has 2 aromatic heterocycles. The Hall–Kier alpha value is -2.34. The molecule has 0 unspecified atom stereocenters. The van der Waals surface area contributed by atoms with Crippen LogP contribution >= 0.6 is 0 Å². The normalized spacial score (nSPS) is 13.1. The van der Waals surface area contributed by atoms with Gasteiger partial charge in [-0.25, -0.2) is 14.8 Å². The summed E-state index contributed by atoms with van der Waals surface area (Å²) in [6, 6.07) is 1.85. The molecular weight excluding hydrogens is 256 g/mol. The van der Waals surface area contributed by atoms with Crippen LogP contribution in [0.3, 0.4) is 0 Å². The number of rotatable bonds is 2. The molecular formula is C14H14N4O2. The second kappa shape index (κ2) is 4.97. The Bertz CT molecular complexity index is 685. The second-order valence-corrected chi connectivity index (χ2v) is 4.61. The van der Waals surface area contributed by atoms with Gasteiger partial charge in [0.2, 0.25) is 0 Å². The van der Waals surface area contributed by atoms with Crippen LogP contribution in [0.25, 0.3) is 11.4 Å². The van der Waals surface area contributed by atoms with Gasteiger partial charge in [0.1, 0.15) is 0 Å². The molecule has 0 atom stereocenters. The van der Waals surface area contributed by atoms with Crippen LogP contribution < -0.4 is 5.32 Å². The van der Waals surface area contributed by atoms with Crippen molar-refractivity contribution in [1.29, 1.82) is 0 Å². The van der Waals surface area contributed by atoms with Gasteiger partial charge in [-0.2, -0.15) is 0 Å². The maximum atomic E-state index is 11.9. The van der Waals surface area contributed by atoms with E-state index >= 15 is 0 Å². The van der Waals surface area contributed by atoms with Gasteiger partial charge in [0, 0.05) is 36.6 Å². The lowest BCUT2D eigenvalue weighted by Crippen LogP contribution is -2.12. The summed E-state index contributed by atoms with van der Waals surface area (Å²) < 4.78 is 4.81. The van der Waals surface area contributed by atoms with Crippen LogP contribution in [0.2, 0.25) is 0 Å². The highest BCUT2D eigenvalue weighted by Crippen LogP contribution is 2.24. The summed E-state index contributed by atoms with van der Waals surface area (Å²) in [6.45, 7) is 3.17. The summed E-state index contributed by atoms with van der Waals surface area (Å²) in [4.78, 5) is 24.9. The fraction of sp³-hybridized carbons (Fsp3) is 0.286. The highest BCUT2D eigenvalue weighted by atomic mass is 16.5. The van der Waals surface area contributed by atoms with E-state index in [9.17, 15) is 4.79 Å². The maximum absolute atomic E-state index is 11.9. The van der Waals surface area contributed by atoms with E-state index in [4.69, 9.17) is 4.74 Å². The first-order valence-corrected chi connectivity index (χ1v) is 6.30. The number of hydrogen-bond donors (Lipinski definition) is 1. The highest BCUT2D eigenvalue weighted by Gasteiger charge is 2.24. The van der Waals surface area contributed by atoms with Crippen molar-refractivity contribution in [2.45, 2.75) is 20.0 Å². The molecule has 0 amide bonds. The van der Waals surface area contributed by atoms with Crippen molar-refractivity contribution in [1.82, 2.24) is 20.3 Å². The van der Waals surface area contributed by atoms with E-state index in [1.54, 1.807) is 12.4 Å². The van der Waals surface area contributed by atoms with Gasteiger partial charge in [-0.15, -0.1) is 0 Å². The summed E-state index contributed by atoms with van der Waals surface area (Å²) in [7, 11) is 1.36. The number of aryl methyl sites for hydroxylation is 1. The number of carbonyl (C=O) groups is 1. The molecule has 0 spiro atoms. The van der Waals surface area contributed by atoms with Crippen molar-refractivity contribution < 1.29 is 9.53 Å². The first-order chi connectivity index (χ1) is 9.70. The largest absolute Gasteiger partial charge is 0.464 e. The molecule has 1 aliphatic rings. The predicted octanol–water partition coefficient (Wildman–Crippen LogP) is 1.24. The van der Waals surface area contributed by atoms with Crippen LogP contribution in [0, 0.1) is 6.92 Å². The van der Waals surface area contributed by atoms with E-state index in [0.717, 1.165) is 22.4 Å². The average molecular weight is 270 g/mol. The first-order valence-electron chi connectivity index (χ1n) is 6.30. The number of fused-ring (bicyclic) bond motifs is 1. The van der Waals surface area contributed by atoms with E-state index in [1.165, 1.54) is 7.11 Å². The molecule has 0 radical (unpaired) electrons. The van der Waals surface area contributed by atoms with Crippen molar-refractivity contribution >= 4 is 5.97 Å². The van der Waals surface area contributed by atoms with E-state index in [1.807, 2.05) is 13.0 Å². The summed E-state index contributed by atoms with van der Waals surface area (Å²) in [5.74, 6) is 0.105. The van der Waals surface area contributed by atoms with Gasteiger partial charge in [-0.1, -0.05) is 0 Å². The molecule has 2 aromatic rings. The van der Waals surface area contributed by atoms with Crippen molar-refractivity contribution in [2.24, 2.45) is 0 Å². The molecule has 0 aliphatic carbocycles. The summed E-state index contributed by atoms with van der Waals surface area (Å²) in [5, 5.41) is 3.18. The third-order valence-electron chi connectivity index (χ3n) is 3.33. The summed E-state index contributed by atoms with van der Waals surface area (Å²) in [5.41, 5.74) is 3.86. The highest BCUT2D eigenvalue weighted by molar-refractivity contribution is 5.89. The SMILES string of the molecule is COC(=O)c1nc(-c2ccncc2C)nc2c1CNC2. The fourth-order valence-electron chi connectivity index (χ4n) is 2.28. The third-order valence-corrected chi connectivity index (χ3v) is 3.33. The van der Waals surface area contributed by atoms with Crippen LogP contribution in [-0.2, 0) is 17.8 Å². The number of carbonyl (C=O) groups excluding carboxylic acids is 1.